The maximum Gasteiger partial charge on any atom is 0.0713 e. The smallest absolute Gasteiger partial charge is 0.0713 e. The lowest BCUT2D eigenvalue weighted by atomic mass is 9.84. The van der Waals surface area contributed by atoms with Crippen molar-refractivity contribution in [3.8, 4) is 0 Å². The lowest BCUT2D eigenvalue weighted by molar-refractivity contribution is -0.0938. The normalized spacial score (nSPS) is 27.1. The van der Waals surface area contributed by atoms with Gasteiger partial charge in [0.05, 0.1) is 5.60 Å². The Balaban J connectivity index is 1.81. The van der Waals surface area contributed by atoms with E-state index >= 15 is 0 Å². The zero-order valence-corrected chi connectivity index (χ0v) is 14.5. The van der Waals surface area contributed by atoms with Crippen molar-refractivity contribution < 1.29 is 4.74 Å². The summed E-state index contributed by atoms with van der Waals surface area (Å²) in [5.74, 6) is 2.55. The maximum atomic E-state index is 6.17. The van der Waals surface area contributed by atoms with Crippen LogP contribution >= 0.6 is 11.8 Å². The van der Waals surface area contributed by atoms with Gasteiger partial charge in [-0.1, -0.05) is 13.8 Å². The average molecular weight is 301 g/mol. The van der Waals surface area contributed by atoms with Gasteiger partial charge in [0.2, 0.25) is 0 Å². The largest absolute Gasteiger partial charge is 0.375 e. The number of thioether (sulfide) groups is 1. The molecule has 1 unspecified atom stereocenters. The van der Waals surface area contributed by atoms with E-state index in [0.29, 0.717) is 11.5 Å². The van der Waals surface area contributed by atoms with Gasteiger partial charge in [-0.25, -0.2) is 0 Å². The number of hydrogen-bond donors (Lipinski definition) is 1. The van der Waals surface area contributed by atoms with Crippen LogP contribution in [-0.2, 0) is 4.74 Å². The molecule has 4 heteroatoms. The van der Waals surface area contributed by atoms with E-state index in [9.17, 15) is 0 Å². The first-order valence-corrected chi connectivity index (χ1v) is 9.16. The third kappa shape index (κ3) is 4.90. The van der Waals surface area contributed by atoms with Gasteiger partial charge in [-0.05, 0) is 56.7 Å². The summed E-state index contributed by atoms with van der Waals surface area (Å²) >= 11 is 2.08. The minimum Gasteiger partial charge on any atom is -0.375 e. The molecule has 0 amide bonds. The van der Waals surface area contributed by atoms with Crippen LogP contribution in [0, 0.1) is 5.41 Å². The van der Waals surface area contributed by atoms with Gasteiger partial charge in [0.15, 0.2) is 0 Å². The molecule has 0 aliphatic carbocycles. The van der Waals surface area contributed by atoms with Crippen LogP contribution in [-0.4, -0.2) is 61.8 Å². The summed E-state index contributed by atoms with van der Waals surface area (Å²) in [6.07, 6.45) is 4.88. The van der Waals surface area contributed by atoms with Gasteiger partial charge in [-0.2, -0.15) is 11.8 Å². The van der Waals surface area contributed by atoms with Crippen molar-refractivity contribution in [2.75, 3.05) is 45.3 Å². The van der Waals surface area contributed by atoms with E-state index < -0.39 is 0 Å². The molecule has 2 rings (SSSR count). The Kier molecular flexibility index (Phi) is 5.80. The number of nitrogens with one attached hydrogen (secondary N) is 1. The molecule has 0 aromatic carbocycles. The Morgan fingerprint density at radius 3 is 2.65 bits per heavy atom. The lowest BCUT2D eigenvalue weighted by Crippen LogP contribution is -2.51. The van der Waals surface area contributed by atoms with E-state index in [1.165, 1.54) is 37.2 Å². The fourth-order valence-corrected chi connectivity index (χ4v) is 4.86. The minimum atomic E-state index is 0.201. The molecule has 0 aromatic heterocycles. The number of rotatable bonds is 5. The Morgan fingerprint density at radius 2 is 2.00 bits per heavy atom. The van der Waals surface area contributed by atoms with Crippen LogP contribution in [0.15, 0.2) is 0 Å². The number of nitrogens with zero attached hydrogens (tertiary/aromatic N) is 1. The molecule has 2 heterocycles. The number of hydrogen-bond acceptors (Lipinski definition) is 4. The highest BCUT2D eigenvalue weighted by Crippen LogP contribution is 2.37. The van der Waals surface area contributed by atoms with E-state index in [2.05, 4.69) is 49.9 Å². The first kappa shape index (κ1) is 16.6. The third-order valence-corrected chi connectivity index (χ3v) is 5.50. The first-order valence-electron chi connectivity index (χ1n) is 8.01. The van der Waals surface area contributed by atoms with E-state index in [1.54, 1.807) is 0 Å². The van der Waals surface area contributed by atoms with Crippen molar-refractivity contribution in [1.29, 1.82) is 0 Å². The molecule has 20 heavy (non-hydrogen) atoms. The highest BCUT2D eigenvalue weighted by atomic mass is 32.2. The molecule has 2 saturated heterocycles. The van der Waals surface area contributed by atoms with E-state index in [4.69, 9.17) is 4.74 Å². The van der Waals surface area contributed by atoms with Gasteiger partial charge in [-0.15, -0.1) is 0 Å². The molecule has 0 bridgehead atoms. The Morgan fingerprint density at radius 1 is 1.30 bits per heavy atom. The van der Waals surface area contributed by atoms with Gasteiger partial charge in [0.1, 0.15) is 0 Å². The SMILES string of the molecule is CN(C)CC(C)(C)CNC1CCOC2(CCSCC2)C1. The molecule has 0 aromatic rings. The zero-order valence-electron chi connectivity index (χ0n) is 13.7. The van der Waals surface area contributed by atoms with Crippen molar-refractivity contribution in [2.45, 2.75) is 51.2 Å². The van der Waals surface area contributed by atoms with Crippen LogP contribution < -0.4 is 5.32 Å². The molecular weight excluding hydrogens is 268 g/mol. The van der Waals surface area contributed by atoms with Crippen molar-refractivity contribution in [2.24, 2.45) is 5.41 Å². The van der Waals surface area contributed by atoms with Crippen molar-refractivity contribution >= 4 is 11.8 Å². The fraction of sp³-hybridized carbons (Fsp3) is 1.00. The second kappa shape index (κ2) is 6.99. The highest BCUT2D eigenvalue weighted by Gasteiger charge is 2.38. The summed E-state index contributed by atoms with van der Waals surface area (Å²) in [6.45, 7) is 7.88. The summed E-state index contributed by atoms with van der Waals surface area (Å²) in [7, 11) is 4.32. The highest BCUT2D eigenvalue weighted by molar-refractivity contribution is 7.99. The van der Waals surface area contributed by atoms with Gasteiger partial charge in [0.25, 0.3) is 0 Å². The summed E-state index contributed by atoms with van der Waals surface area (Å²) in [5.41, 5.74) is 0.532. The van der Waals surface area contributed by atoms with Gasteiger partial charge >= 0.3 is 0 Å². The molecular formula is C16H32N2OS. The van der Waals surface area contributed by atoms with Crippen LogP contribution in [0.4, 0.5) is 0 Å². The van der Waals surface area contributed by atoms with E-state index in [1.807, 2.05) is 0 Å². The fourth-order valence-electron chi connectivity index (χ4n) is 3.63. The third-order valence-electron chi connectivity index (χ3n) is 4.51. The van der Waals surface area contributed by atoms with Crippen LogP contribution in [0.25, 0.3) is 0 Å². The summed E-state index contributed by atoms with van der Waals surface area (Å²) in [6, 6.07) is 0.647. The Labute approximate surface area is 129 Å². The monoisotopic (exact) mass is 300 g/mol. The molecule has 1 atom stereocenters. The molecule has 118 valence electrons. The quantitative estimate of drug-likeness (QED) is 0.843. The molecule has 2 aliphatic heterocycles. The van der Waals surface area contributed by atoms with Gasteiger partial charge in [-0.3, -0.25) is 0 Å². The molecule has 1 N–H and O–H groups in total. The van der Waals surface area contributed by atoms with E-state index in [0.717, 1.165) is 19.7 Å². The zero-order chi connectivity index (χ0) is 14.6. The molecule has 2 fully saturated rings. The van der Waals surface area contributed by atoms with Crippen molar-refractivity contribution in [1.82, 2.24) is 10.2 Å². The lowest BCUT2D eigenvalue weighted by Gasteiger charge is -2.44. The van der Waals surface area contributed by atoms with Crippen LogP contribution in [0.5, 0.6) is 0 Å². The molecule has 2 aliphatic rings. The van der Waals surface area contributed by atoms with Crippen LogP contribution in [0.2, 0.25) is 0 Å². The minimum absolute atomic E-state index is 0.201. The van der Waals surface area contributed by atoms with Crippen LogP contribution in [0.1, 0.15) is 39.5 Å². The molecule has 1 spiro atoms. The predicted molar refractivity (Wildman–Crippen MR) is 88.6 cm³/mol. The van der Waals surface area contributed by atoms with Crippen LogP contribution in [0.3, 0.4) is 0 Å². The Hall–Kier alpha value is 0.230. The van der Waals surface area contributed by atoms with Gasteiger partial charge in [0, 0.05) is 25.7 Å². The molecule has 0 saturated carbocycles. The molecule has 3 nitrogen and oxygen atoms in total. The second-order valence-corrected chi connectivity index (χ2v) is 8.84. The standard InChI is InChI=1S/C16H32N2OS/c1-15(2,13-18(3)4)12-17-14-5-8-19-16(11-14)6-9-20-10-7-16/h14,17H,5-13H2,1-4H3. The topological polar surface area (TPSA) is 24.5 Å². The maximum absolute atomic E-state index is 6.17. The summed E-state index contributed by atoms with van der Waals surface area (Å²) in [4.78, 5) is 2.28. The van der Waals surface area contributed by atoms with Crippen molar-refractivity contribution in [3.05, 3.63) is 0 Å². The summed E-state index contributed by atoms with van der Waals surface area (Å²) < 4.78 is 6.17. The average Bonchev–Trinajstić information content (AvgIpc) is 2.36. The predicted octanol–water partition coefficient (Wildman–Crippen LogP) is 2.61. The van der Waals surface area contributed by atoms with Crippen molar-refractivity contribution in [3.63, 3.8) is 0 Å². The second-order valence-electron chi connectivity index (χ2n) is 7.62. The van der Waals surface area contributed by atoms with E-state index in [-0.39, 0.29) is 5.60 Å². The summed E-state index contributed by atoms with van der Waals surface area (Å²) in [5, 5.41) is 3.83. The first-order chi connectivity index (χ1) is 9.41. The molecule has 0 radical (unpaired) electrons. The Bertz CT molecular complexity index is 295. The number of ether oxygens (including phenoxy) is 1. The van der Waals surface area contributed by atoms with Gasteiger partial charge < -0.3 is 15.0 Å².